The standard InChI is InChI=1S/C14H19N3O/c1-11(18-3)14(15-2)13-9-10-16-17(13)12-7-5-4-6-8-12/h4-11,14-15H,1-3H3. The second-order valence-corrected chi connectivity index (χ2v) is 4.21. The van der Waals surface area contributed by atoms with Gasteiger partial charge in [0.15, 0.2) is 0 Å². The predicted octanol–water partition coefficient (Wildman–Crippen LogP) is 2.17. The third kappa shape index (κ3) is 2.44. The molecule has 0 fully saturated rings. The monoisotopic (exact) mass is 245 g/mol. The molecule has 2 rings (SSSR count). The van der Waals surface area contributed by atoms with Gasteiger partial charge in [-0.05, 0) is 32.2 Å². The van der Waals surface area contributed by atoms with Crippen LogP contribution in [0.3, 0.4) is 0 Å². The molecule has 0 aliphatic heterocycles. The number of ether oxygens (including phenoxy) is 1. The van der Waals surface area contributed by atoms with Gasteiger partial charge in [-0.3, -0.25) is 0 Å². The van der Waals surface area contributed by atoms with Gasteiger partial charge in [-0.2, -0.15) is 5.10 Å². The fraction of sp³-hybridized carbons (Fsp3) is 0.357. The van der Waals surface area contributed by atoms with E-state index >= 15 is 0 Å². The van der Waals surface area contributed by atoms with E-state index in [-0.39, 0.29) is 12.1 Å². The molecular formula is C14H19N3O. The lowest BCUT2D eigenvalue weighted by molar-refractivity contribution is 0.0835. The number of benzene rings is 1. The number of likely N-dealkylation sites (N-methyl/N-ethyl adjacent to an activating group) is 1. The summed E-state index contributed by atoms with van der Waals surface area (Å²) in [5.74, 6) is 0. The van der Waals surface area contributed by atoms with Crippen LogP contribution in [0.4, 0.5) is 0 Å². The molecule has 2 atom stereocenters. The lowest BCUT2D eigenvalue weighted by Crippen LogP contribution is -2.30. The van der Waals surface area contributed by atoms with E-state index in [4.69, 9.17) is 4.74 Å². The molecule has 0 spiro atoms. The van der Waals surface area contributed by atoms with Crippen molar-refractivity contribution in [2.75, 3.05) is 14.2 Å². The maximum Gasteiger partial charge on any atom is 0.0757 e. The minimum absolute atomic E-state index is 0.0779. The Morgan fingerprint density at radius 1 is 1.22 bits per heavy atom. The fourth-order valence-corrected chi connectivity index (χ4v) is 2.09. The summed E-state index contributed by atoms with van der Waals surface area (Å²) in [5.41, 5.74) is 2.15. The molecule has 0 amide bonds. The first-order chi connectivity index (χ1) is 8.77. The molecule has 1 heterocycles. The number of rotatable bonds is 5. The Balaban J connectivity index is 2.38. The largest absolute Gasteiger partial charge is 0.380 e. The van der Waals surface area contributed by atoms with Crippen LogP contribution >= 0.6 is 0 Å². The number of para-hydroxylation sites is 1. The highest BCUT2D eigenvalue weighted by Gasteiger charge is 2.21. The summed E-state index contributed by atoms with van der Waals surface area (Å²) >= 11 is 0. The smallest absolute Gasteiger partial charge is 0.0757 e. The van der Waals surface area contributed by atoms with E-state index in [0.29, 0.717) is 0 Å². The Morgan fingerprint density at radius 3 is 2.56 bits per heavy atom. The molecule has 18 heavy (non-hydrogen) atoms. The van der Waals surface area contributed by atoms with Crippen molar-refractivity contribution in [3.8, 4) is 5.69 Å². The van der Waals surface area contributed by atoms with E-state index in [2.05, 4.69) is 10.4 Å². The first-order valence-corrected chi connectivity index (χ1v) is 6.07. The highest BCUT2D eigenvalue weighted by molar-refractivity contribution is 5.33. The molecule has 1 aromatic carbocycles. The molecular weight excluding hydrogens is 226 g/mol. The van der Waals surface area contributed by atoms with Crippen molar-refractivity contribution in [2.45, 2.75) is 19.1 Å². The van der Waals surface area contributed by atoms with Crippen LogP contribution in [0.5, 0.6) is 0 Å². The van der Waals surface area contributed by atoms with Crippen LogP contribution in [0.2, 0.25) is 0 Å². The Labute approximate surface area is 108 Å². The Hall–Kier alpha value is -1.65. The quantitative estimate of drug-likeness (QED) is 0.877. The van der Waals surface area contributed by atoms with E-state index in [9.17, 15) is 0 Å². The molecule has 0 aliphatic carbocycles. The van der Waals surface area contributed by atoms with Crippen LogP contribution in [-0.2, 0) is 4.74 Å². The number of hydrogen-bond acceptors (Lipinski definition) is 3. The normalized spacial score (nSPS) is 14.4. The van der Waals surface area contributed by atoms with Crippen LogP contribution in [0.25, 0.3) is 5.69 Å². The average molecular weight is 245 g/mol. The van der Waals surface area contributed by atoms with Gasteiger partial charge in [0.05, 0.1) is 23.5 Å². The van der Waals surface area contributed by atoms with Crippen molar-refractivity contribution in [2.24, 2.45) is 0 Å². The lowest BCUT2D eigenvalue weighted by Gasteiger charge is -2.23. The van der Waals surface area contributed by atoms with Gasteiger partial charge in [0.25, 0.3) is 0 Å². The molecule has 2 unspecified atom stereocenters. The van der Waals surface area contributed by atoms with Gasteiger partial charge >= 0.3 is 0 Å². The van der Waals surface area contributed by atoms with Crippen molar-refractivity contribution in [3.05, 3.63) is 48.3 Å². The molecule has 1 N–H and O–H groups in total. The van der Waals surface area contributed by atoms with Crippen molar-refractivity contribution in [3.63, 3.8) is 0 Å². The van der Waals surface area contributed by atoms with Gasteiger partial charge in [-0.25, -0.2) is 4.68 Å². The Bertz CT molecular complexity index is 481. The van der Waals surface area contributed by atoms with Crippen molar-refractivity contribution in [1.29, 1.82) is 0 Å². The molecule has 0 bridgehead atoms. The van der Waals surface area contributed by atoms with E-state index in [0.717, 1.165) is 11.4 Å². The maximum absolute atomic E-state index is 5.41. The van der Waals surface area contributed by atoms with E-state index in [1.54, 1.807) is 7.11 Å². The van der Waals surface area contributed by atoms with E-state index in [1.807, 2.05) is 61.2 Å². The summed E-state index contributed by atoms with van der Waals surface area (Å²) < 4.78 is 7.36. The molecule has 4 nitrogen and oxygen atoms in total. The van der Waals surface area contributed by atoms with Crippen LogP contribution < -0.4 is 5.32 Å². The van der Waals surface area contributed by atoms with Gasteiger partial charge in [0.2, 0.25) is 0 Å². The topological polar surface area (TPSA) is 39.1 Å². The number of nitrogens with zero attached hydrogens (tertiary/aromatic N) is 2. The Kier molecular flexibility index (Phi) is 4.12. The van der Waals surface area contributed by atoms with E-state index < -0.39 is 0 Å². The summed E-state index contributed by atoms with van der Waals surface area (Å²) in [6, 6.07) is 12.2. The third-order valence-corrected chi connectivity index (χ3v) is 3.14. The number of aromatic nitrogens is 2. The average Bonchev–Trinajstić information content (AvgIpc) is 2.89. The number of methoxy groups -OCH3 is 1. The SMILES string of the molecule is CNC(c1ccnn1-c1ccccc1)C(C)OC. The van der Waals surface area contributed by atoms with Crippen molar-refractivity contribution >= 4 is 0 Å². The Morgan fingerprint density at radius 2 is 1.94 bits per heavy atom. The first kappa shape index (κ1) is 12.8. The molecule has 96 valence electrons. The summed E-state index contributed by atoms with van der Waals surface area (Å²) in [4.78, 5) is 0. The molecule has 2 aromatic rings. The summed E-state index contributed by atoms with van der Waals surface area (Å²) in [6.45, 7) is 2.05. The summed E-state index contributed by atoms with van der Waals surface area (Å²) in [5, 5.41) is 7.67. The van der Waals surface area contributed by atoms with Crippen LogP contribution in [0, 0.1) is 0 Å². The molecule has 0 aliphatic rings. The first-order valence-electron chi connectivity index (χ1n) is 6.07. The van der Waals surface area contributed by atoms with Gasteiger partial charge in [-0.15, -0.1) is 0 Å². The van der Waals surface area contributed by atoms with Gasteiger partial charge in [0.1, 0.15) is 0 Å². The molecule has 0 saturated carbocycles. The highest BCUT2D eigenvalue weighted by atomic mass is 16.5. The summed E-state index contributed by atoms with van der Waals surface area (Å²) in [7, 11) is 3.65. The fourth-order valence-electron chi connectivity index (χ4n) is 2.09. The zero-order chi connectivity index (χ0) is 13.0. The number of hydrogen-bond donors (Lipinski definition) is 1. The zero-order valence-electron chi connectivity index (χ0n) is 11.0. The zero-order valence-corrected chi connectivity index (χ0v) is 11.0. The molecule has 0 saturated heterocycles. The predicted molar refractivity (Wildman–Crippen MR) is 71.8 cm³/mol. The second-order valence-electron chi connectivity index (χ2n) is 4.21. The van der Waals surface area contributed by atoms with Gasteiger partial charge in [0, 0.05) is 13.3 Å². The molecule has 4 heteroatoms. The van der Waals surface area contributed by atoms with Crippen LogP contribution in [-0.4, -0.2) is 30.0 Å². The minimum atomic E-state index is 0.0779. The van der Waals surface area contributed by atoms with E-state index in [1.165, 1.54) is 0 Å². The van der Waals surface area contributed by atoms with Crippen molar-refractivity contribution in [1.82, 2.24) is 15.1 Å². The third-order valence-electron chi connectivity index (χ3n) is 3.14. The van der Waals surface area contributed by atoms with Gasteiger partial charge < -0.3 is 10.1 Å². The highest BCUT2D eigenvalue weighted by Crippen LogP contribution is 2.21. The number of nitrogens with one attached hydrogen (secondary N) is 1. The molecule has 0 radical (unpaired) electrons. The molecule has 1 aromatic heterocycles. The van der Waals surface area contributed by atoms with Gasteiger partial charge in [-0.1, -0.05) is 18.2 Å². The maximum atomic E-state index is 5.41. The summed E-state index contributed by atoms with van der Waals surface area (Å²) in [6.07, 6.45) is 1.89. The lowest BCUT2D eigenvalue weighted by atomic mass is 10.1. The van der Waals surface area contributed by atoms with Crippen LogP contribution in [0.1, 0.15) is 18.7 Å². The minimum Gasteiger partial charge on any atom is -0.380 e. The van der Waals surface area contributed by atoms with Crippen LogP contribution in [0.15, 0.2) is 42.6 Å². The van der Waals surface area contributed by atoms with Crippen molar-refractivity contribution < 1.29 is 4.74 Å². The second kappa shape index (κ2) is 5.80.